The number of rotatable bonds is 4. The molecule has 1 saturated heterocycles. The third kappa shape index (κ3) is 3.83. The van der Waals surface area contributed by atoms with Crippen LogP contribution in [-0.4, -0.2) is 34.5 Å². The Labute approximate surface area is 131 Å². The van der Waals surface area contributed by atoms with Crippen LogP contribution >= 0.6 is 0 Å². The van der Waals surface area contributed by atoms with Crippen LogP contribution in [0, 0.1) is 0 Å². The van der Waals surface area contributed by atoms with Crippen LogP contribution in [0.2, 0.25) is 0 Å². The summed E-state index contributed by atoms with van der Waals surface area (Å²) in [5, 5.41) is 9.09. The van der Waals surface area contributed by atoms with Crippen LogP contribution in [0.4, 0.5) is 13.2 Å². The number of likely N-dealkylation sites (tertiary alicyclic amines) is 1. The lowest BCUT2D eigenvalue weighted by Gasteiger charge is -2.24. The molecule has 1 heterocycles. The molecule has 0 saturated carbocycles. The predicted molar refractivity (Wildman–Crippen MR) is 76.8 cm³/mol. The summed E-state index contributed by atoms with van der Waals surface area (Å²) in [5.74, 6) is -2.13. The van der Waals surface area contributed by atoms with Crippen LogP contribution in [0.3, 0.4) is 0 Å². The van der Waals surface area contributed by atoms with Crippen molar-refractivity contribution in [3.05, 3.63) is 35.4 Å². The monoisotopic (exact) mass is 329 g/mol. The summed E-state index contributed by atoms with van der Waals surface area (Å²) in [7, 11) is 0. The molecule has 1 aromatic carbocycles. The van der Waals surface area contributed by atoms with E-state index in [4.69, 9.17) is 5.11 Å². The highest BCUT2D eigenvalue weighted by molar-refractivity contribution is 5.84. The second-order valence-electron chi connectivity index (χ2n) is 5.77. The summed E-state index contributed by atoms with van der Waals surface area (Å²) in [5.41, 5.74) is -0.698. The molecule has 1 aromatic rings. The Morgan fingerprint density at radius 1 is 1.35 bits per heavy atom. The fourth-order valence-electron chi connectivity index (χ4n) is 3.00. The van der Waals surface area contributed by atoms with E-state index < -0.39 is 35.6 Å². The van der Waals surface area contributed by atoms with Crippen molar-refractivity contribution in [2.24, 2.45) is 0 Å². The third-order valence-electron chi connectivity index (χ3n) is 4.14. The average molecular weight is 329 g/mol. The minimum Gasteiger partial charge on any atom is -0.480 e. The van der Waals surface area contributed by atoms with Gasteiger partial charge in [0.1, 0.15) is 6.04 Å². The van der Waals surface area contributed by atoms with E-state index in [9.17, 15) is 22.8 Å². The van der Waals surface area contributed by atoms with E-state index in [-0.39, 0.29) is 12.0 Å². The maximum atomic E-state index is 13.0. The molecule has 1 unspecified atom stereocenters. The molecule has 1 N–H and O–H groups in total. The summed E-state index contributed by atoms with van der Waals surface area (Å²) < 4.78 is 39.1. The lowest BCUT2D eigenvalue weighted by atomic mass is 9.92. The fourth-order valence-corrected chi connectivity index (χ4v) is 3.00. The number of aliphatic carboxylic acids is 1. The zero-order chi connectivity index (χ0) is 17.2. The van der Waals surface area contributed by atoms with Gasteiger partial charge in [0.15, 0.2) is 0 Å². The number of carboxylic acids is 1. The minimum atomic E-state index is -4.48. The van der Waals surface area contributed by atoms with Gasteiger partial charge in [-0.25, -0.2) is 4.79 Å². The van der Waals surface area contributed by atoms with Gasteiger partial charge < -0.3 is 10.0 Å². The van der Waals surface area contributed by atoms with Crippen LogP contribution in [0.5, 0.6) is 0 Å². The van der Waals surface area contributed by atoms with Crippen LogP contribution in [-0.2, 0) is 15.8 Å². The highest BCUT2D eigenvalue weighted by atomic mass is 19.4. The SMILES string of the molecule is CC(CC(=O)N1CCC[C@H]1C(=O)O)c1ccccc1C(F)(F)F. The molecule has 0 bridgehead atoms. The van der Waals surface area contributed by atoms with E-state index in [0.29, 0.717) is 19.4 Å². The maximum Gasteiger partial charge on any atom is 0.416 e. The zero-order valence-corrected chi connectivity index (χ0v) is 12.6. The number of carbonyl (C=O) groups is 2. The van der Waals surface area contributed by atoms with Crippen LogP contribution in [0.15, 0.2) is 24.3 Å². The first-order chi connectivity index (χ1) is 10.7. The maximum absolute atomic E-state index is 13.0. The summed E-state index contributed by atoms with van der Waals surface area (Å²) >= 11 is 0. The highest BCUT2D eigenvalue weighted by Crippen LogP contribution is 2.36. The molecule has 1 aliphatic heterocycles. The molecule has 1 aliphatic rings. The number of hydrogen-bond donors (Lipinski definition) is 1. The lowest BCUT2D eigenvalue weighted by Crippen LogP contribution is -2.40. The molecule has 4 nitrogen and oxygen atoms in total. The summed E-state index contributed by atoms with van der Waals surface area (Å²) in [4.78, 5) is 24.7. The second-order valence-corrected chi connectivity index (χ2v) is 5.77. The molecule has 0 aromatic heterocycles. The van der Waals surface area contributed by atoms with Gasteiger partial charge in [0.25, 0.3) is 0 Å². The van der Waals surface area contributed by atoms with Gasteiger partial charge >= 0.3 is 12.1 Å². The molecule has 0 spiro atoms. The quantitative estimate of drug-likeness (QED) is 0.922. The molecule has 126 valence electrons. The van der Waals surface area contributed by atoms with Gasteiger partial charge in [0, 0.05) is 13.0 Å². The standard InChI is InChI=1S/C16H18F3NO3/c1-10(11-5-2-3-6-12(11)16(17,18)19)9-14(21)20-8-4-7-13(20)15(22)23/h2-3,5-6,10,13H,4,7-9H2,1H3,(H,22,23)/t10?,13-/m0/s1. The molecule has 1 amide bonds. The van der Waals surface area contributed by atoms with Crippen molar-refractivity contribution in [3.8, 4) is 0 Å². The summed E-state index contributed by atoms with van der Waals surface area (Å²) in [6.45, 7) is 1.89. The normalized spacial score (nSPS) is 19.7. The number of carboxylic acid groups (broad SMARTS) is 1. The Morgan fingerprint density at radius 3 is 2.61 bits per heavy atom. The predicted octanol–water partition coefficient (Wildman–Crippen LogP) is 3.27. The summed E-state index contributed by atoms with van der Waals surface area (Å²) in [6, 6.07) is 4.29. The van der Waals surface area contributed by atoms with E-state index in [1.54, 1.807) is 6.92 Å². The van der Waals surface area contributed by atoms with Crippen molar-refractivity contribution >= 4 is 11.9 Å². The number of carbonyl (C=O) groups excluding carboxylic acids is 1. The van der Waals surface area contributed by atoms with E-state index in [2.05, 4.69) is 0 Å². The Balaban J connectivity index is 2.15. The van der Waals surface area contributed by atoms with E-state index >= 15 is 0 Å². The van der Waals surface area contributed by atoms with Crippen molar-refractivity contribution < 1.29 is 27.9 Å². The first kappa shape index (κ1) is 17.3. The van der Waals surface area contributed by atoms with Crippen molar-refractivity contribution in [1.82, 2.24) is 4.90 Å². The Morgan fingerprint density at radius 2 is 2.00 bits per heavy atom. The number of halogens is 3. The van der Waals surface area contributed by atoms with Crippen molar-refractivity contribution in [2.75, 3.05) is 6.54 Å². The highest BCUT2D eigenvalue weighted by Gasteiger charge is 2.37. The number of nitrogens with zero attached hydrogens (tertiary/aromatic N) is 1. The van der Waals surface area contributed by atoms with E-state index in [1.165, 1.54) is 23.1 Å². The van der Waals surface area contributed by atoms with Gasteiger partial charge in [0.05, 0.1) is 5.56 Å². The van der Waals surface area contributed by atoms with Gasteiger partial charge in [0.2, 0.25) is 5.91 Å². The molecular formula is C16H18F3NO3. The number of alkyl halides is 3. The molecular weight excluding hydrogens is 311 g/mol. The fraction of sp³-hybridized carbons (Fsp3) is 0.500. The first-order valence-corrected chi connectivity index (χ1v) is 7.40. The number of amides is 1. The molecule has 2 atom stereocenters. The Bertz CT molecular complexity index is 600. The third-order valence-corrected chi connectivity index (χ3v) is 4.14. The molecule has 1 fully saturated rings. The van der Waals surface area contributed by atoms with Crippen molar-refractivity contribution in [3.63, 3.8) is 0 Å². The molecule has 0 radical (unpaired) electrons. The smallest absolute Gasteiger partial charge is 0.416 e. The van der Waals surface area contributed by atoms with Crippen LogP contribution in [0.25, 0.3) is 0 Å². The van der Waals surface area contributed by atoms with E-state index in [0.717, 1.165) is 6.07 Å². The number of benzene rings is 1. The van der Waals surface area contributed by atoms with Crippen molar-refractivity contribution in [1.29, 1.82) is 0 Å². The molecule has 7 heteroatoms. The largest absolute Gasteiger partial charge is 0.480 e. The van der Waals surface area contributed by atoms with E-state index in [1.807, 2.05) is 0 Å². The molecule has 2 rings (SSSR count). The van der Waals surface area contributed by atoms with Crippen molar-refractivity contribution in [2.45, 2.75) is 44.3 Å². The topological polar surface area (TPSA) is 57.6 Å². The minimum absolute atomic E-state index is 0.0550. The van der Waals surface area contributed by atoms with Gasteiger partial charge in [-0.15, -0.1) is 0 Å². The van der Waals surface area contributed by atoms with Crippen LogP contribution < -0.4 is 0 Å². The van der Waals surface area contributed by atoms with Gasteiger partial charge in [-0.2, -0.15) is 13.2 Å². The first-order valence-electron chi connectivity index (χ1n) is 7.40. The zero-order valence-electron chi connectivity index (χ0n) is 12.6. The van der Waals surface area contributed by atoms with Crippen LogP contribution in [0.1, 0.15) is 43.2 Å². The van der Waals surface area contributed by atoms with Gasteiger partial charge in [-0.05, 0) is 30.4 Å². The summed E-state index contributed by atoms with van der Waals surface area (Å²) in [6.07, 6.45) is -3.65. The molecule has 0 aliphatic carbocycles. The average Bonchev–Trinajstić information content (AvgIpc) is 2.96. The van der Waals surface area contributed by atoms with Gasteiger partial charge in [-0.1, -0.05) is 25.1 Å². The second kappa shape index (κ2) is 6.60. The van der Waals surface area contributed by atoms with Gasteiger partial charge in [-0.3, -0.25) is 4.79 Å². The Hall–Kier alpha value is -2.05. The Kier molecular flexibility index (Phi) is 4.97. The number of hydrogen-bond acceptors (Lipinski definition) is 2. The molecule has 23 heavy (non-hydrogen) atoms. The lowest BCUT2D eigenvalue weighted by molar-refractivity contribution is -0.148.